The van der Waals surface area contributed by atoms with Gasteiger partial charge in [0.05, 0.1) is 13.2 Å². The molecule has 2 amide bonds. The van der Waals surface area contributed by atoms with Crippen LogP contribution in [0.2, 0.25) is 0 Å². The van der Waals surface area contributed by atoms with E-state index in [1.165, 1.54) is 0 Å². The Morgan fingerprint density at radius 1 is 1.59 bits per heavy atom. The summed E-state index contributed by atoms with van der Waals surface area (Å²) in [7, 11) is 3.38. The molecule has 0 aliphatic carbocycles. The van der Waals surface area contributed by atoms with Gasteiger partial charge in [0, 0.05) is 39.7 Å². The highest BCUT2D eigenvalue weighted by molar-refractivity contribution is 5.80. The van der Waals surface area contributed by atoms with Gasteiger partial charge in [0.2, 0.25) is 11.8 Å². The number of ether oxygens (including phenoxy) is 1. The summed E-state index contributed by atoms with van der Waals surface area (Å²) in [5.41, 5.74) is 0. The Labute approximate surface area is 102 Å². The third kappa shape index (κ3) is 5.14. The summed E-state index contributed by atoms with van der Waals surface area (Å²) >= 11 is 0. The minimum absolute atomic E-state index is 0.0335. The first kappa shape index (κ1) is 13.9. The van der Waals surface area contributed by atoms with Crippen molar-refractivity contribution in [2.75, 3.05) is 40.4 Å². The van der Waals surface area contributed by atoms with E-state index in [2.05, 4.69) is 10.6 Å². The number of nitrogens with one attached hydrogen (secondary N) is 2. The van der Waals surface area contributed by atoms with E-state index >= 15 is 0 Å². The molecule has 1 fully saturated rings. The highest BCUT2D eigenvalue weighted by Crippen LogP contribution is 2.09. The van der Waals surface area contributed by atoms with Crippen molar-refractivity contribution in [1.29, 1.82) is 0 Å². The first-order valence-electron chi connectivity index (χ1n) is 5.86. The standard InChI is InChI=1S/C11H21N3O3/c1-14-8-9(3-4-11(14)16)13-10(15)7-12-5-6-17-2/h9,12H,3-8H2,1-2H3,(H,13,15). The van der Waals surface area contributed by atoms with Gasteiger partial charge in [-0.25, -0.2) is 0 Å². The monoisotopic (exact) mass is 243 g/mol. The molecule has 0 radical (unpaired) electrons. The minimum Gasteiger partial charge on any atom is -0.383 e. The second kappa shape index (κ2) is 7.24. The number of rotatable bonds is 6. The van der Waals surface area contributed by atoms with Gasteiger partial charge >= 0.3 is 0 Å². The molecule has 0 aromatic rings. The van der Waals surface area contributed by atoms with Crippen LogP contribution in [0.3, 0.4) is 0 Å². The van der Waals surface area contributed by atoms with E-state index in [0.29, 0.717) is 26.1 Å². The van der Waals surface area contributed by atoms with Gasteiger partial charge in [-0.15, -0.1) is 0 Å². The fourth-order valence-corrected chi connectivity index (χ4v) is 1.78. The molecule has 0 aromatic heterocycles. The zero-order valence-electron chi connectivity index (χ0n) is 10.5. The van der Waals surface area contributed by atoms with Gasteiger partial charge < -0.3 is 20.3 Å². The van der Waals surface area contributed by atoms with Gasteiger partial charge in [0.1, 0.15) is 0 Å². The van der Waals surface area contributed by atoms with Crippen molar-refractivity contribution in [3.63, 3.8) is 0 Å². The fraction of sp³-hybridized carbons (Fsp3) is 0.818. The SMILES string of the molecule is COCCNCC(=O)NC1CCC(=O)N(C)C1. The Morgan fingerprint density at radius 3 is 3.00 bits per heavy atom. The van der Waals surface area contributed by atoms with Crippen molar-refractivity contribution in [2.24, 2.45) is 0 Å². The van der Waals surface area contributed by atoms with Crippen LogP contribution in [-0.2, 0) is 14.3 Å². The first-order chi connectivity index (χ1) is 8.13. The van der Waals surface area contributed by atoms with Gasteiger partial charge in [-0.05, 0) is 6.42 Å². The summed E-state index contributed by atoms with van der Waals surface area (Å²) in [4.78, 5) is 24.5. The molecule has 17 heavy (non-hydrogen) atoms. The summed E-state index contributed by atoms with van der Waals surface area (Å²) in [5, 5.41) is 5.89. The van der Waals surface area contributed by atoms with Crippen LogP contribution in [0.1, 0.15) is 12.8 Å². The van der Waals surface area contributed by atoms with Crippen LogP contribution < -0.4 is 10.6 Å². The van der Waals surface area contributed by atoms with Crippen molar-refractivity contribution in [3.05, 3.63) is 0 Å². The van der Waals surface area contributed by atoms with E-state index in [1.54, 1.807) is 19.1 Å². The predicted molar refractivity (Wildman–Crippen MR) is 63.5 cm³/mol. The Morgan fingerprint density at radius 2 is 2.35 bits per heavy atom. The van der Waals surface area contributed by atoms with Crippen LogP contribution in [-0.4, -0.2) is 63.2 Å². The number of carbonyl (C=O) groups is 2. The van der Waals surface area contributed by atoms with Crippen molar-refractivity contribution in [3.8, 4) is 0 Å². The molecule has 0 saturated carbocycles. The first-order valence-corrected chi connectivity index (χ1v) is 5.86. The molecule has 0 aromatic carbocycles. The number of likely N-dealkylation sites (tertiary alicyclic amines) is 1. The summed E-state index contributed by atoms with van der Waals surface area (Å²) in [5.74, 6) is 0.113. The molecule has 1 heterocycles. The summed E-state index contributed by atoms with van der Waals surface area (Å²) in [6.45, 7) is 2.14. The van der Waals surface area contributed by atoms with Gasteiger partial charge in [0.15, 0.2) is 0 Å². The maximum absolute atomic E-state index is 11.5. The van der Waals surface area contributed by atoms with E-state index in [4.69, 9.17) is 4.74 Å². The maximum atomic E-state index is 11.5. The molecular formula is C11H21N3O3. The Bertz CT molecular complexity index is 271. The topological polar surface area (TPSA) is 70.7 Å². The number of carbonyl (C=O) groups excluding carboxylic acids is 2. The van der Waals surface area contributed by atoms with Crippen LogP contribution >= 0.6 is 0 Å². The Balaban J connectivity index is 2.16. The Hall–Kier alpha value is -1.14. The van der Waals surface area contributed by atoms with Crippen molar-refractivity contribution < 1.29 is 14.3 Å². The van der Waals surface area contributed by atoms with Gasteiger partial charge in [-0.1, -0.05) is 0 Å². The molecule has 0 bridgehead atoms. The Kier molecular flexibility index (Phi) is 5.93. The lowest BCUT2D eigenvalue weighted by atomic mass is 10.1. The number of hydrogen-bond acceptors (Lipinski definition) is 4. The van der Waals surface area contributed by atoms with E-state index in [9.17, 15) is 9.59 Å². The molecule has 0 spiro atoms. The number of methoxy groups -OCH3 is 1. The zero-order valence-corrected chi connectivity index (χ0v) is 10.5. The molecular weight excluding hydrogens is 222 g/mol. The van der Waals surface area contributed by atoms with E-state index in [1.807, 2.05) is 0 Å². The third-order valence-electron chi connectivity index (χ3n) is 2.76. The number of piperidine rings is 1. The van der Waals surface area contributed by atoms with Crippen LogP contribution in [0.5, 0.6) is 0 Å². The lowest BCUT2D eigenvalue weighted by molar-refractivity contribution is -0.133. The lowest BCUT2D eigenvalue weighted by Gasteiger charge is -2.30. The second-order valence-corrected chi connectivity index (χ2v) is 4.25. The van der Waals surface area contributed by atoms with E-state index in [0.717, 1.165) is 6.42 Å². The third-order valence-corrected chi connectivity index (χ3v) is 2.76. The highest BCUT2D eigenvalue weighted by atomic mass is 16.5. The second-order valence-electron chi connectivity index (χ2n) is 4.25. The van der Waals surface area contributed by atoms with Gasteiger partial charge in [-0.3, -0.25) is 9.59 Å². The number of likely N-dealkylation sites (N-methyl/N-ethyl adjacent to an activating group) is 1. The number of nitrogens with zero attached hydrogens (tertiary/aromatic N) is 1. The largest absolute Gasteiger partial charge is 0.383 e. The molecule has 6 nitrogen and oxygen atoms in total. The molecule has 98 valence electrons. The summed E-state index contributed by atoms with van der Waals surface area (Å²) < 4.78 is 4.86. The molecule has 1 saturated heterocycles. The normalized spacial score (nSPS) is 20.5. The van der Waals surface area contributed by atoms with Gasteiger partial charge in [0.25, 0.3) is 0 Å². The van der Waals surface area contributed by atoms with Gasteiger partial charge in [-0.2, -0.15) is 0 Å². The van der Waals surface area contributed by atoms with E-state index in [-0.39, 0.29) is 24.4 Å². The van der Waals surface area contributed by atoms with Crippen LogP contribution in [0.25, 0.3) is 0 Å². The number of hydrogen-bond donors (Lipinski definition) is 2. The quantitative estimate of drug-likeness (QED) is 0.585. The molecule has 1 aliphatic rings. The molecule has 6 heteroatoms. The zero-order chi connectivity index (χ0) is 12.7. The molecule has 1 unspecified atom stereocenters. The molecule has 1 aliphatic heterocycles. The maximum Gasteiger partial charge on any atom is 0.234 e. The molecule has 2 N–H and O–H groups in total. The van der Waals surface area contributed by atoms with Crippen LogP contribution in [0, 0.1) is 0 Å². The van der Waals surface area contributed by atoms with Crippen LogP contribution in [0.4, 0.5) is 0 Å². The summed E-state index contributed by atoms with van der Waals surface area (Å²) in [6, 6.07) is 0.0782. The van der Waals surface area contributed by atoms with Crippen molar-refractivity contribution >= 4 is 11.8 Å². The lowest BCUT2D eigenvalue weighted by Crippen LogP contribution is -2.50. The highest BCUT2D eigenvalue weighted by Gasteiger charge is 2.23. The molecule has 1 rings (SSSR count). The van der Waals surface area contributed by atoms with Crippen LogP contribution in [0.15, 0.2) is 0 Å². The minimum atomic E-state index is -0.0335. The van der Waals surface area contributed by atoms with E-state index < -0.39 is 0 Å². The average molecular weight is 243 g/mol. The molecule has 1 atom stereocenters. The fourth-order valence-electron chi connectivity index (χ4n) is 1.78. The average Bonchev–Trinajstić information content (AvgIpc) is 2.30. The predicted octanol–water partition coefficient (Wildman–Crippen LogP) is -1.04. The van der Waals surface area contributed by atoms with Crippen molar-refractivity contribution in [1.82, 2.24) is 15.5 Å². The van der Waals surface area contributed by atoms with Crippen molar-refractivity contribution in [2.45, 2.75) is 18.9 Å². The summed E-state index contributed by atoms with van der Waals surface area (Å²) in [6.07, 6.45) is 1.24. The number of amides is 2. The smallest absolute Gasteiger partial charge is 0.234 e.